The van der Waals surface area contributed by atoms with E-state index in [1.807, 2.05) is 0 Å². The van der Waals surface area contributed by atoms with Crippen molar-refractivity contribution in [3.63, 3.8) is 0 Å². The summed E-state index contributed by atoms with van der Waals surface area (Å²) in [6.07, 6.45) is -2.60. The molecule has 3 rings (SSSR count). The summed E-state index contributed by atoms with van der Waals surface area (Å²) in [5.74, 6) is -1.92. The van der Waals surface area contributed by atoms with E-state index in [0.717, 1.165) is 17.4 Å². The lowest BCUT2D eigenvalue weighted by Crippen LogP contribution is -2.57. The van der Waals surface area contributed by atoms with Crippen LogP contribution < -0.4 is 16.0 Å². The molecule has 1 saturated carbocycles. The molecule has 1 heterocycles. The molecule has 0 radical (unpaired) electrons. The highest BCUT2D eigenvalue weighted by Crippen LogP contribution is 2.30. The van der Waals surface area contributed by atoms with Gasteiger partial charge in [0, 0.05) is 24.8 Å². The van der Waals surface area contributed by atoms with Crippen LogP contribution in [0.1, 0.15) is 19.3 Å². The van der Waals surface area contributed by atoms with E-state index in [2.05, 4.69) is 5.32 Å². The maximum atomic E-state index is 14.6. The molecule has 0 aromatic heterocycles. The molecule has 11 heteroatoms. The minimum absolute atomic E-state index is 0.103. The summed E-state index contributed by atoms with van der Waals surface area (Å²) in [5, 5.41) is 2.34. The number of hydrogen-bond acceptors (Lipinski definition) is 5. The Hall–Kier alpha value is -2.24. The lowest BCUT2D eigenvalue weighted by atomic mass is 9.90. The number of ether oxygens (including phenoxy) is 1. The van der Waals surface area contributed by atoms with Crippen LogP contribution >= 0.6 is 0 Å². The number of nitrogens with two attached hydrogens (primary N) is 1. The third-order valence-electron chi connectivity index (χ3n) is 5.34. The van der Waals surface area contributed by atoms with E-state index in [1.165, 1.54) is 17.0 Å². The molecule has 0 unspecified atom stereocenters. The van der Waals surface area contributed by atoms with Crippen LogP contribution in [0.15, 0.2) is 18.2 Å². The Morgan fingerprint density at radius 1 is 1.37 bits per heavy atom. The second-order valence-electron chi connectivity index (χ2n) is 7.38. The van der Waals surface area contributed by atoms with Crippen LogP contribution in [0, 0.1) is 5.82 Å². The molecule has 1 atom stereocenters. The van der Waals surface area contributed by atoms with Crippen LogP contribution in [-0.2, 0) is 14.3 Å². The molecule has 2 fully saturated rings. The molecule has 1 aliphatic carbocycles. The Morgan fingerprint density at radius 2 is 2.10 bits per heavy atom. The Labute approximate surface area is 171 Å². The van der Waals surface area contributed by atoms with Crippen molar-refractivity contribution in [3.05, 3.63) is 24.0 Å². The van der Waals surface area contributed by atoms with Gasteiger partial charge in [0.1, 0.15) is 18.5 Å². The van der Waals surface area contributed by atoms with Crippen LogP contribution in [0.5, 0.6) is 0 Å². The highest BCUT2D eigenvalue weighted by molar-refractivity contribution is 5.97. The summed E-state index contributed by atoms with van der Waals surface area (Å²) >= 11 is 0. The smallest absolute Gasteiger partial charge is 0.370 e. The van der Waals surface area contributed by atoms with Crippen molar-refractivity contribution >= 4 is 23.2 Å². The molecule has 2 aliphatic rings. The molecular weight excluding hydrogens is 408 g/mol. The number of anilines is 2. The van der Waals surface area contributed by atoms with Crippen LogP contribution in [0.25, 0.3) is 0 Å². The fourth-order valence-electron chi connectivity index (χ4n) is 3.59. The number of hydrogen-bond donors (Lipinski definition) is 2. The molecule has 30 heavy (non-hydrogen) atoms. The zero-order valence-electron chi connectivity index (χ0n) is 16.3. The normalized spacial score (nSPS) is 19.0. The van der Waals surface area contributed by atoms with Crippen molar-refractivity contribution in [2.24, 2.45) is 5.73 Å². The van der Waals surface area contributed by atoms with Crippen molar-refractivity contribution in [1.29, 1.82) is 0 Å². The summed E-state index contributed by atoms with van der Waals surface area (Å²) in [6.45, 7) is -1.10. The molecular formula is C19H24F4N4O3. The first-order chi connectivity index (χ1) is 14.2. The number of carbonyl (C=O) groups excluding carboxylic acids is 2. The number of nitrogens with zero attached hydrogens (tertiary/aromatic N) is 2. The average molecular weight is 432 g/mol. The molecule has 166 valence electrons. The van der Waals surface area contributed by atoms with Gasteiger partial charge in [-0.15, -0.1) is 0 Å². The van der Waals surface area contributed by atoms with Gasteiger partial charge in [-0.25, -0.2) is 4.39 Å². The fraction of sp³-hybridized carbons (Fsp3) is 0.579. The van der Waals surface area contributed by atoms with Crippen molar-refractivity contribution < 1.29 is 31.9 Å². The van der Waals surface area contributed by atoms with Gasteiger partial charge in [0.05, 0.1) is 18.8 Å². The van der Waals surface area contributed by atoms with Gasteiger partial charge < -0.3 is 20.7 Å². The van der Waals surface area contributed by atoms with E-state index < -0.39 is 30.5 Å². The molecule has 0 spiro atoms. The predicted octanol–water partition coefficient (Wildman–Crippen LogP) is 1.87. The maximum Gasteiger partial charge on any atom is 0.401 e. The van der Waals surface area contributed by atoms with Crippen LogP contribution in [0.3, 0.4) is 0 Å². The number of amides is 2. The summed E-state index contributed by atoms with van der Waals surface area (Å²) in [4.78, 5) is 27.0. The molecule has 1 aromatic rings. The Bertz CT molecular complexity index is 786. The number of halogens is 4. The highest BCUT2D eigenvalue weighted by atomic mass is 19.4. The third kappa shape index (κ3) is 5.27. The zero-order chi connectivity index (χ0) is 21.9. The average Bonchev–Trinajstić information content (AvgIpc) is 2.61. The van der Waals surface area contributed by atoms with Gasteiger partial charge in [-0.2, -0.15) is 13.2 Å². The Morgan fingerprint density at radius 3 is 2.63 bits per heavy atom. The first-order valence-corrected chi connectivity index (χ1v) is 9.70. The van der Waals surface area contributed by atoms with E-state index in [0.29, 0.717) is 25.1 Å². The van der Waals surface area contributed by atoms with E-state index in [1.54, 1.807) is 0 Å². The van der Waals surface area contributed by atoms with Gasteiger partial charge in [0.25, 0.3) is 5.91 Å². The second-order valence-corrected chi connectivity index (χ2v) is 7.38. The molecule has 7 nitrogen and oxygen atoms in total. The number of morpholine rings is 1. The summed E-state index contributed by atoms with van der Waals surface area (Å²) in [7, 11) is 0. The monoisotopic (exact) mass is 432 g/mol. The van der Waals surface area contributed by atoms with Gasteiger partial charge in [-0.05, 0) is 31.0 Å². The lowest BCUT2D eigenvalue weighted by molar-refractivity contribution is -0.162. The molecule has 2 amide bonds. The predicted molar refractivity (Wildman–Crippen MR) is 101 cm³/mol. The minimum atomic E-state index is -4.49. The Balaban J connectivity index is 1.73. The van der Waals surface area contributed by atoms with E-state index in [9.17, 15) is 27.2 Å². The van der Waals surface area contributed by atoms with E-state index >= 15 is 0 Å². The molecule has 1 aromatic carbocycles. The van der Waals surface area contributed by atoms with Crippen molar-refractivity contribution in [1.82, 2.24) is 4.90 Å². The summed E-state index contributed by atoms with van der Waals surface area (Å²) < 4.78 is 58.6. The standard InChI is InChI=1S/C19H24F4N4O3/c20-14-8-13(26-6-7-30-10-17(26)28)4-5-15(14)25-18(29)16(9-24)27(11-19(21,22)23)12-2-1-3-12/h4-5,8,12,16H,1-3,6-7,9-11,24H2,(H,25,29)/t16-/m1/s1. The largest absolute Gasteiger partial charge is 0.401 e. The van der Waals surface area contributed by atoms with E-state index in [4.69, 9.17) is 10.5 Å². The van der Waals surface area contributed by atoms with Gasteiger partial charge in [0.15, 0.2) is 0 Å². The van der Waals surface area contributed by atoms with Crippen LogP contribution in [-0.4, -0.2) is 67.8 Å². The fourth-order valence-corrected chi connectivity index (χ4v) is 3.59. The van der Waals surface area contributed by atoms with Gasteiger partial charge >= 0.3 is 6.18 Å². The van der Waals surface area contributed by atoms with E-state index in [-0.39, 0.29) is 37.3 Å². The first-order valence-electron chi connectivity index (χ1n) is 9.70. The van der Waals surface area contributed by atoms with Crippen LogP contribution in [0.4, 0.5) is 28.9 Å². The maximum absolute atomic E-state index is 14.6. The van der Waals surface area contributed by atoms with Gasteiger partial charge in [0.2, 0.25) is 5.91 Å². The first kappa shape index (κ1) is 22.4. The van der Waals surface area contributed by atoms with Gasteiger partial charge in [-0.3, -0.25) is 14.5 Å². The molecule has 1 aliphatic heterocycles. The minimum Gasteiger partial charge on any atom is -0.370 e. The summed E-state index contributed by atoms with van der Waals surface area (Å²) in [5.41, 5.74) is 5.74. The number of benzene rings is 1. The van der Waals surface area contributed by atoms with Crippen molar-refractivity contribution in [3.8, 4) is 0 Å². The van der Waals surface area contributed by atoms with Crippen molar-refractivity contribution in [2.75, 3.05) is 43.1 Å². The second kappa shape index (κ2) is 9.27. The Kier molecular flexibility index (Phi) is 6.94. The number of nitrogens with one attached hydrogen (secondary N) is 1. The summed E-state index contributed by atoms with van der Waals surface area (Å²) in [6, 6.07) is 2.20. The highest BCUT2D eigenvalue weighted by Gasteiger charge is 2.41. The molecule has 0 bridgehead atoms. The molecule has 3 N–H and O–H groups in total. The quantitative estimate of drug-likeness (QED) is 0.643. The van der Waals surface area contributed by atoms with Crippen molar-refractivity contribution in [2.45, 2.75) is 37.5 Å². The SMILES string of the molecule is NC[C@H](C(=O)Nc1ccc(N2CCOCC2=O)cc1F)N(CC(F)(F)F)C1CCC1. The number of alkyl halides is 3. The zero-order valence-corrected chi connectivity index (χ0v) is 16.3. The number of rotatable bonds is 7. The topological polar surface area (TPSA) is 87.9 Å². The number of carbonyl (C=O) groups is 2. The molecule has 1 saturated heterocycles. The third-order valence-corrected chi connectivity index (χ3v) is 5.34. The van der Waals surface area contributed by atoms with Crippen LogP contribution in [0.2, 0.25) is 0 Å². The van der Waals surface area contributed by atoms with Gasteiger partial charge in [-0.1, -0.05) is 6.42 Å². The lowest BCUT2D eigenvalue weighted by Gasteiger charge is -2.41.